The summed E-state index contributed by atoms with van der Waals surface area (Å²) >= 11 is 0. The van der Waals surface area contributed by atoms with Gasteiger partial charge in [0.15, 0.2) is 0 Å². The van der Waals surface area contributed by atoms with E-state index in [4.69, 9.17) is 10.6 Å². The summed E-state index contributed by atoms with van der Waals surface area (Å²) in [7, 11) is -2.92. The van der Waals surface area contributed by atoms with Crippen LogP contribution in [0.2, 0.25) is 0 Å². The van der Waals surface area contributed by atoms with Crippen molar-refractivity contribution in [3.8, 4) is 0 Å². The molecule has 1 aliphatic heterocycles. The average molecular weight is 312 g/mol. The van der Waals surface area contributed by atoms with E-state index in [0.717, 1.165) is 12.0 Å². The lowest BCUT2D eigenvalue weighted by molar-refractivity contribution is 0.0131. The Morgan fingerprint density at radius 2 is 2.19 bits per heavy atom. The third kappa shape index (κ3) is 4.26. The molecule has 2 unspecified atom stereocenters. The summed E-state index contributed by atoms with van der Waals surface area (Å²) in [4.78, 5) is 0. The molecule has 0 aliphatic carbocycles. The molecule has 21 heavy (non-hydrogen) atoms. The molecular formula is C15H24N2O3S. The maximum Gasteiger partial charge on any atom is 0.150 e. The highest BCUT2D eigenvalue weighted by molar-refractivity contribution is 7.91. The summed E-state index contributed by atoms with van der Waals surface area (Å²) in [5.74, 6) is 6.06. The molecule has 0 amide bonds. The lowest BCUT2D eigenvalue weighted by Gasteiger charge is -2.32. The molecular weight excluding hydrogens is 288 g/mol. The number of hydrogen-bond acceptors (Lipinski definition) is 5. The van der Waals surface area contributed by atoms with Crippen molar-refractivity contribution >= 4 is 9.84 Å². The topological polar surface area (TPSA) is 81.4 Å². The number of ether oxygens (including phenoxy) is 1. The summed E-state index contributed by atoms with van der Waals surface area (Å²) in [6.45, 7) is 2.35. The van der Waals surface area contributed by atoms with Gasteiger partial charge in [-0.05, 0) is 30.4 Å². The molecule has 1 heterocycles. The zero-order valence-corrected chi connectivity index (χ0v) is 13.2. The maximum atomic E-state index is 11.6. The van der Waals surface area contributed by atoms with Crippen LogP contribution in [0.5, 0.6) is 0 Å². The molecule has 5 nitrogen and oxygen atoms in total. The van der Waals surface area contributed by atoms with E-state index < -0.39 is 9.84 Å². The van der Waals surface area contributed by atoms with Gasteiger partial charge in [0.05, 0.1) is 24.5 Å². The Balaban J connectivity index is 2.02. The molecule has 118 valence electrons. The molecule has 0 spiro atoms. The molecule has 3 N–H and O–H groups in total. The Morgan fingerprint density at radius 1 is 1.43 bits per heavy atom. The Kier molecular flexibility index (Phi) is 5.75. The SMILES string of the molecule is CCS(=O)(=O)CCCC(NN)C1OCCc2ccccc21. The molecule has 0 radical (unpaired) electrons. The van der Waals surface area contributed by atoms with Crippen LogP contribution in [0, 0.1) is 0 Å². The predicted octanol–water partition coefficient (Wildman–Crippen LogP) is 1.35. The summed E-state index contributed by atoms with van der Waals surface area (Å²) in [5.41, 5.74) is 5.24. The van der Waals surface area contributed by atoms with Gasteiger partial charge in [0.2, 0.25) is 0 Å². The minimum atomic E-state index is -2.92. The Morgan fingerprint density at radius 3 is 2.90 bits per heavy atom. The molecule has 1 aromatic rings. The van der Waals surface area contributed by atoms with Gasteiger partial charge in [0.1, 0.15) is 9.84 Å². The first-order chi connectivity index (χ1) is 10.1. The Hall–Kier alpha value is -0.950. The minimum absolute atomic E-state index is 0.0708. The van der Waals surface area contributed by atoms with Crippen molar-refractivity contribution in [3.63, 3.8) is 0 Å². The second-order valence-corrected chi connectivity index (χ2v) is 7.86. The van der Waals surface area contributed by atoms with Gasteiger partial charge in [-0.3, -0.25) is 11.3 Å². The van der Waals surface area contributed by atoms with Crippen LogP contribution in [0.15, 0.2) is 24.3 Å². The van der Waals surface area contributed by atoms with E-state index in [1.165, 1.54) is 5.56 Å². The first-order valence-corrected chi connectivity index (χ1v) is 9.25. The van der Waals surface area contributed by atoms with E-state index in [-0.39, 0.29) is 23.7 Å². The molecule has 1 aliphatic rings. The molecule has 2 atom stereocenters. The third-order valence-corrected chi connectivity index (χ3v) is 5.81. The second kappa shape index (κ2) is 7.35. The van der Waals surface area contributed by atoms with Gasteiger partial charge in [-0.15, -0.1) is 0 Å². The van der Waals surface area contributed by atoms with Gasteiger partial charge in [-0.25, -0.2) is 8.42 Å². The Bertz CT molecular complexity index is 560. The summed E-state index contributed by atoms with van der Waals surface area (Å²) in [5, 5.41) is 0. The zero-order valence-electron chi connectivity index (χ0n) is 12.4. The van der Waals surface area contributed by atoms with Gasteiger partial charge in [0, 0.05) is 5.75 Å². The van der Waals surface area contributed by atoms with Crippen molar-refractivity contribution in [1.82, 2.24) is 5.43 Å². The molecule has 0 fully saturated rings. The molecule has 0 aromatic heterocycles. The minimum Gasteiger partial charge on any atom is -0.371 e. The Labute approximate surface area is 126 Å². The number of rotatable bonds is 7. The number of nitrogens with one attached hydrogen (secondary N) is 1. The van der Waals surface area contributed by atoms with Gasteiger partial charge in [-0.1, -0.05) is 31.2 Å². The molecule has 0 saturated carbocycles. The average Bonchev–Trinajstić information content (AvgIpc) is 2.51. The highest BCUT2D eigenvalue weighted by Crippen LogP contribution is 2.31. The van der Waals surface area contributed by atoms with Crippen molar-refractivity contribution in [1.29, 1.82) is 0 Å². The zero-order chi connectivity index (χ0) is 15.3. The van der Waals surface area contributed by atoms with E-state index in [0.29, 0.717) is 19.4 Å². The smallest absolute Gasteiger partial charge is 0.150 e. The lowest BCUT2D eigenvalue weighted by Crippen LogP contribution is -2.42. The van der Waals surface area contributed by atoms with Crippen LogP contribution in [0.25, 0.3) is 0 Å². The second-order valence-electron chi connectivity index (χ2n) is 5.39. The fourth-order valence-electron chi connectivity index (χ4n) is 2.75. The van der Waals surface area contributed by atoms with Crippen LogP contribution in [-0.2, 0) is 21.0 Å². The van der Waals surface area contributed by atoms with E-state index >= 15 is 0 Å². The summed E-state index contributed by atoms with van der Waals surface area (Å²) in [6.07, 6.45) is 2.07. The number of fused-ring (bicyclic) bond motifs is 1. The van der Waals surface area contributed by atoms with E-state index in [2.05, 4.69) is 17.6 Å². The van der Waals surface area contributed by atoms with Gasteiger partial charge in [0.25, 0.3) is 0 Å². The number of nitrogens with two attached hydrogens (primary N) is 1. The van der Waals surface area contributed by atoms with Crippen molar-refractivity contribution in [2.75, 3.05) is 18.1 Å². The van der Waals surface area contributed by atoms with Crippen molar-refractivity contribution in [2.24, 2.45) is 5.84 Å². The highest BCUT2D eigenvalue weighted by atomic mass is 32.2. The number of hydrogen-bond donors (Lipinski definition) is 2. The predicted molar refractivity (Wildman–Crippen MR) is 83.5 cm³/mol. The maximum absolute atomic E-state index is 11.6. The van der Waals surface area contributed by atoms with Crippen LogP contribution in [-0.4, -0.2) is 32.6 Å². The van der Waals surface area contributed by atoms with E-state index in [1.807, 2.05) is 12.1 Å². The van der Waals surface area contributed by atoms with Crippen LogP contribution < -0.4 is 11.3 Å². The van der Waals surface area contributed by atoms with Crippen LogP contribution >= 0.6 is 0 Å². The third-order valence-electron chi connectivity index (χ3n) is 4.02. The van der Waals surface area contributed by atoms with Crippen LogP contribution in [0.3, 0.4) is 0 Å². The number of hydrazine groups is 1. The molecule has 6 heteroatoms. The first kappa shape index (κ1) is 16.4. The number of sulfone groups is 1. The summed E-state index contributed by atoms with van der Waals surface area (Å²) < 4.78 is 29.0. The van der Waals surface area contributed by atoms with Crippen molar-refractivity contribution in [3.05, 3.63) is 35.4 Å². The lowest BCUT2D eigenvalue weighted by atomic mass is 9.92. The standard InChI is InChI=1S/C15H24N2O3S/c1-2-21(18,19)11-5-8-14(17-16)15-13-7-4-3-6-12(13)9-10-20-15/h3-4,6-7,14-15,17H,2,5,8-11,16H2,1H3. The van der Waals surface area contributed by atoms with Crippen LogP contribution in [0.1, 0.15) is 37.0 Å². The first-order valence-electron chi connectivity index (χ1n) is 7.43. The monoisotopic (exact) mass is 312 g/mol. The van der Waals surface area contributed by atoms with E-state index in [9.17, 15) is 8.42 Å². The highest BCUT2D eigenvalue weighted by Gasteiger charge is 2.28. The van der Waals surface area contributed by atoms with Gasteiger partial charge >= 0.3 is 0 Å². The fraction of sp³-hybridized carbons (Fsp3) is 0.600. The van der Waals surface area contributed by atoms with Crippen molar-refractivity contribution < 1.29 is 13.2 Å². The normalized spacial score (nSPS) is 20.0. The fourth-order valence-corrected chi connectivity index (χ4v) is 3.64. The largest absolute Gasteiger partial charge is 0.371 e. The molecule has 0 saturated heterocycles. The molecule has 1 aromatic carbocycles. The van der Waals surface area contributed by atoms with Crippen molar-refractivity contribution in [2.45, 2.75) is 38.3 Å². The van der Waals surface area contributed by atoms with Gasteiger partial charge < -0.3 is 4.74 Å². The van der Waals surface area contributed by atoms with Gasteiger partial charge in [-0.2, -0.15) is 0 Å². The van der Waals surface area contributed by atoms with E-state index in [1.54, 1.807) is 6.92 Å². The molecule has 2 rings (SSSR count). The number of benzene rings is 1. The van der Waals surface area contributed by atoms with Crippen LogP contribution in [0.4, 0.5) is 0 Å². The molecule has 0 bridgehead atoms. The summed E-state index contributed by atoms with van der Waals surface area (Å²) in [6, 6.07) is 8.13. The quantitative estimate of drug-likeness (QED) is 0.587.